The summed E-state index contributed by atoms with van der Waals surface area (Å²) in [6, 6.07) is 0. The molecule has 0 aromatic rings. The zero-order valence-electron chi connectivity index (χ0n) is 7.81. The van der Waals surface area contributed by atoms with Crippen LogP contribution in [0.2, 0.25) is 0 Å². The van der Waals surface area contributed by atoms with Gasteiger partial charge in [0.25, 0.3) is 0 Å². The van der Waals surface area contributed by atoms with E-state index in [-0.39, 0.29) is 9.06 Å². The number of hydrogen-bond acceptors (Lipinski definition) is 1. The molecule has 0 heterocycles. The first-order chi connectivity index (χ1) is 4.48. The largest absolute Gasteiger partial charge is 0.199 e. The smallest absolute Gasteiger partial charge is 0.00942 e. The van der Waals surface area contributed by atoms with Crippen molar-refractivity contribution in [1.82, 2.24) is 0 Å². The molecule has 0 aromatic heterocycles. The van der Waals surface area contributed by atoms with Gasteiger partial charge in [0.05, 0.1) is 0 Å². The molecule has 0 atom stereocenters. The van der Waals surface area contributed by atoms with Crippen LogP contribution in [-0.4, -0.2) is 24.5 Å². The molecule has 0 radical (unpaired) electrons. The molecule has 0 bridgehead atoms. The van der Waals surface area contributed by atoms with E-state index in [1.807, 2.05) is 0 Å². The summed E-state index contributed by atoms with van der Waals surface area (Å²) < 4.78 is 0. The Labute approximate surface area is 70.9 Å². The summed E-state index contributed by atoms with van der Waals surface area (Å²) >= 11 is 0. The average molecular weight is 180 g/mol. The van der Waals surface area contributed by atoms with Gasteiger partial charge in [-0.15, -0.1) is 10.8 Å². The molecule has 0 aliphatic heterocycles. The summed E-state index contributed by atoms with van der Waals surface area (Å²) in [4.78, 5) is 0. The second-order valence-corrected chi connectivity index (χ2v) is 10.8. The van der Waals surface area contributed by atoms with Gasteiger partial charge in [-0.25, -0.2) is 0 Å². The van der Waals surface area contributed by atoms with Crippen LogP contribution >= 0.6 is 19.9 Å². The molecular weight excluding hydrogens is 160 g/mol. The first-order valence-electron chi connectivity index (χ1n) is 3.74. The van der Waals surface area contributed by atoms with Gasteiger partial charge in [-0.1, -0.05) is 13.8 Å². The van der Waals surface area contributed by atoms with Crippen LogP contribution in [0.25, 0.3) is 0 Å². The summed E-state index contributed by atoms with van der Waals surface area (Å²) in [5.41, 5.74) is 0. The zero-order valence-corrected chi connectivity index (χ0v) is 9.44. The molecule has 0 rings (SSSR count). The summed E-state index contributed by atoms with van der Waals surface area (Å²) in [5, 5.41) is 0. The molecule has 0 saturated carbocycles. The Bertz CT molecular complexity index is 87.3. The van der Waals surface area contributed by atoms with Gasteiger partial charge >= 0.3 is 0 Å². The van der Waals surface area contributed by atoms with Crippen LogP contribution in [-0.2, 0) is 0 Å². The van der Waals surface area contributed by atoms with Crippen molar-refractivity contribution in [2.24, 2.45) is 5.92 Å². The van der Waals surface area contributed by atoms with Crippen LogP contribution in [0.5, 0.6) is 0 Å². The van der Waals surface area contributed by atoms with E-state index >= 15 is 0 Å². The minimum atomic E-state index is -0.298. The Morgan fingerprint density at radius 3 is 2.10 bits per heavy atom. The molecule has 10 heavy (non-hydrogen) atoms. The van der Waals surface area contributed by atoms with Gasteiger partial charge in [0, 0.05) is 0 Å². The number of rotatable bonds is 4. The summed E-state index contributed by atoms with van der Waals surface area (Å²) in [6.07, 6.45) is 8.43. The highest BCUT2D eigenvalue weighted by molar-refractivity contribution is 8.93. The molecule has 0 N–H and O–H groups in total. The van der Waals surface area contributed by atoms with Crippen molar-refractivity contribution in [2.45, 2.75) is 20.3 Å². The molecular formula is C8H20S2. The summed E-state index contributed by atoms with van der Waals surface area (Å²) in [6.45, 7) is 4.60. The molecule has 0 amide bonds. The lowest BCUT2D eigenvalue weighted by molar-refractivity contribution is 0.631. The van der Waals surface area contributed by atoms with Gasteiger partial charge in [0.1, 0.15) is 0 Å². The van der Waals surface area contributed by atoms with Crippen LogP contribution in [0.3, 0.4) is 0 Å². The van der Waals surface area contributed by atoms with E-state index in [0.29, 0.717) is 0 Å². The predicted molar refractivity (Wildman–Crippen MR) is 57.3 cm³/mol. The SMILES string of the molecule is CSS(C)(C)CCC(C)C. The van der Waals surface area contributed by atoms with Crippen molar-refractivity contribution in [3.05, 3.63) is 0 Å². The molecule has 0 saturated heterocycles. The average Bonchev–Trinajstić information content (AvgIpc) is 1.85. The van der Waals surface area contributed by atoms with Crippen molar-refractivity contribution in [3.8, 4) is 0 Å². The Balaban J connectivity index is 3.46. The van der Waals surface area contributed by atoms with Crippen LogP contribution in [0.1, 0.15) is 20.3 Å². The normalized spacial score (nSPS) is 14.2. The van der Waals surface area contributed by atoms with E-state index in [1.165, 1.54) is 12.2 Å². The van der Waals surface area contributed by atoms with Crippen molar-refractivity contribution < 1.29 is 0 Å². The topological polar surface area (TPSA) is 0 Å². The second-order valence-electron chi connectivity index (χ2n) is 3.49. The highest BCUT2D eigenvalue weighted by Crippen LogP contribution is 2.52. The first-order valence-corrected chi connectivity index (χ1v) is 8.10. The van der Waals surface area contributed by atoms with Crippen molar-refractivity contribution in [3.63, 3.8) is 0 Å². The summed E-state index contributed by atoms with van der Waals surface area (Å²) in [5.74, 6) is 2.30. The number of hydrogen-bond donors (Lipinski definition) is 0. The highest BCUT2D eigenvalue weighted by Gasteiger charge is 2.09. The molecule has 0 spiro atoms. The molecule has 0 aliphatic carbocycles. The molecule has 0 aromatic carbocycles. The first kappa shape index (κ1) is 10.7. The van der Waals surface area contributed by atoms with Crippen molar-refractivity contribution in [2.75, 3.05) is 24.5 Å². The van der Waals surface area contributed by atoms with Gasteiger partial charge < -0.3 is 0 Å². The third-order valence-electron chi connectivity index (χ3n) is 1.64. The monoisotopic (exact) mass is 180 g/mol. The van der Waals surface area contributed by atoms with Crippen LogP contribution in [0.4, 0.5) is 0 Å². The Morgan fingerprint density at radius 1 is 1.30 bits per heavy atom. The predicted octanol–water partition coefficient (Wildman–Crippen LogP) is 3.37. The van der Waals surface area contributed by atoms with Gasteiger partial charge in [0.2, 0.25) is 0 Å². The van der Waals surface area contributed by atoms with Crippen LogP contribution in [0, 0.1) is 5.92 Å². The molecule has 2 heteroatoms. The Morgan fingerprint density at radius 2 is 1.80 bits per heavy atom. The molecule has 0 fully saturated rings. The van der Waals surface area contributed by atoms with Gasteiger partial charge in [0.15, 0.2) is 0 Å². The minimum absolute atomic E-state index is 0.298. The molecule has 64 valence electrons. The molecule has 0 nitrogen and oxygen atoms in total. The molecule has 0 aliphatic rings. The maximum absolute atomic E-state index is 2.40. The van der Waals surface area contributed by atoms with Crippen LogP contribution in [0.15, 0.2) is 0 Å². The third-order valence-corrected chi connectivity index (χ3v) is 6.97. The fourth-order valence-electron chi connectivity index (χ4n) is 0.603. The minimum Gasteiger partial charge on any atom is -0.199 e. The van der Waals surface area contributed by atoms with E-state index in [4.69, 9.17) is 0 Å². The van der Waals surface area contributed by atoms with E-state index in [9.17, 15) is 0 Å². The summed E-state index contributed by atoms with van der Waals surface area (Å²) in [7, 11) is 1.75. The van der Waals surface area contributed by atoms with Gasteiger partial charge in [-0.3, -0.25) is 0 Å². The second kappa shape index (κ2) is 4.55. The maximum Gasteiger partial charge on any atom is -0.00942 e. The van der Waals surface area contributed by atoms with E-state index < -0.39 is 0 Å². The fourth-order valence-corrected chi connectivity index (χ4v) is 2.60. The lowest BCUT2D eigenvalue weighted by atomic mass is 10.2. The van der Waals surface area contributed by atoms with Crippen molar-refractivity contribution >= 4 is 19.9 Å². The van der Waals surface area contributed by atoms with Crippen molar-refractivity contribution in [1.29, 1.82) is 0 Å². The van der Waals surface area contributed by atoms with E-state index in [0.717, 1.165) is 5.92 Å². The Hall–Kier alpha value is 0.700. The van der Waals surface area contributed by atoms with E-state index in [2.05, 4.69) is 43.4 Å². The standard InChI is InChI=1S/C8H20S2/c1-8(2)6-7-10(4,5)9-3/h8H,6-7H2,1-5H3. The quantitative estimate of drug-likeness (QED) is 0.598. The fraction of sp³-hybridized carbons (Fsp3) is 1.00. The van der Waals surface area contributed by atoms with E-state index in [1.54, 1.807) is 0 Å². The molecule has 0 unspecified atom stereocenters. The van der Waals surface area contributed by atoms with Gasteiger partial charge in [-0.2, -0.15) is 9.06 Å². The maximum atomic E-state index is 2.40. The van der Waals surface area contributed by atoms with Crippen LogP contribution < -0.4 is 0 Å². The highest BCUT2D eigenvalue weighted by atomic mass is 33.2. The Kier molecular flexibility index (Phi) is 4.87. The van der Waals surface area contributed by atoms with Gasteiger partial charge in [-0.05, 0) is 36.9 Å². The zero-order chi connectivity index (χ0) is 8.20. The lowest BCUT2D eigenvalue weighted by Gasteiger charge is -2.28. The third kappa shape index (κ3) is 5.48. The lowest BCUT2D eigenvalue weighted by Crippen LogP contribution is -1.99.